The van der Waals surface area contributed by atoms with Gasteiger partial charge < -0.3 is 15.5 Å². The fraction of sp³-hybridized carbons (Fsp3) is 0.500. The van der Waals surface area contributed by atoms with Gasteiger partial charge in [-0.1, -0.05) is 15.9 Å². The predicted molar refractivity (Wildman–Crippen MR) is 97.9 cm³/mol. The molecule has 2 N–H and O–H groups in total. The van der Waals surface area contributed by atoms with E-state index >= 15 is 0 Å². The molecule has 1 aromatic rings. The van der Waals surface area contributed by atoms with Crippen LogP contribution in [-0.4, -0.2) is 42.9 Å². The minimum Gasteiger partial charge on any atom is -0.341 e. The highest BCUT2D eigenvalue weighted by atomic mass is 79.9. The van der Waals surface area contributed by atoms with Crippen LogP contribution in [0, 0.1) is 12.8 Å². The van der Waals surface area contributed by atoms with E-state index in [1.165, 1.54) is 0 Å². The third-order valence-electron chi connectivity index (χ3n) is 4.28. The topological polar surface area (TPSA) is 66.6 Å². The average molecular weight is 405 g/mol. The number of hydrogen-bond donors (Lipinski definition) is 1. The van der Waals surface area contributed by atoms with Crippen molar-refractivity contribution in [2.75, 3.05) is 25.0 Å². The molecule has 1 aliphatic heterocycles. The van der Waals surface area contributed by atoms with E-state index < -0.39 is 0 Å². The van der Waals surface area contributed by atoms with Gasteiger partial charge in [0.1, 0.15) is 0 Å². The highest BCUT2D eigenvalue weighted by molar-refractivity contribution is 9.10. The second kappa shape index (κ2) is 8.13. The van der Waals surface area contributed by atoms with Gasteiger partial charge in [0.05, 0.1) is 5.92 Å². The SMILES string of the molecule is Cc1cc(N2CC(C(=O)N(C)C(C)CN)CC2=O)ccc1Br.Cl. The van der Waals surface area contributed by atoms with Gasteiger partial charge in [0.25, 0.3) is 0 Å². The Bertz CT molecular complexity index is 597. The van der Waals surface area contributed by atoms with E-state index in [1.54, 1.807) is 16.8 Å². The lowest BCUT2D eigenvalue weighted by Gasteiger charge is -2.26. The minimum absolute atomic E-state index is 0. The fourth-order valence-electron chi connectivity index (χ4n) is 2.58. The first-order valence-electron chi connectivity index (χ1n) is 7.38. The molecular formula is C16H23BrClN3O2. The van der Waals surface area contributed by atoms with Crippen LogP contribution in [0.25, 0.3) is 0 Å². The standard InChI is InChI=1S/C16H22BrN3O2.ClH/c1-10-6-13(4-5-14(10)17)20-9-12(7-15(20)21)16(22)19(3)11(2)8-18;/h4-6,11-12H,7-9,18H2,1-3H3;1H. The van der Waals surface area contributed by atoms with Crippen LogP contribution in [0.3, 0.4) is 0 Å². The molecule has 5 nitrogen and oxygen atoms in total. The summed E-state index contributed by atoms with van der Waals surface area (Å²) in [4.78, 5) is 28.1. The number of carbonyl (C=O) groups excluding carboxylic acids is 2. The number of aryl methyl sites for hydroxylation is 1. The van der Waals surface area contributed by atoms with Crippen LogP contribution in [0.1, 0.15) is 18.9 Å². The summed E-state index contributed by atoms with van der Waals surface area (Å²) in [6.07, 6.45) is 0.260. The predicted octanol–water partition coefficient (Wildman–Crippen LogP) is 2.34. The zero-order valence-electron chi connectivity index (χ0n) is 13.6. The lowest BCUT2D eigenvalue weighted by atomic mass is 10.1. The van der Waals surface area contributed by atoms with Crippen LogP contribution in [0.5, 0.6) is 0 Å². The smallest absolute Gasteiger partial charge is 0.228 e. The molecule has 0 spiro atoms. The molecular weight excluding hydrogens is 382 g/mol. The first-order chi connectivity index (χ1) is 10.3. The van der Waals surface area contributed by atoms with Crippen molar-refractivity contribution in [1.82, 2.24) is 4.90 Å². The zero-order chi connectivity index (χ0) is 16.4. The van der Waals surface area contributed by atoms with Crippen LogP contribution in [-0.2, 0) is 9.59 Å². The Hall–Kier alpha value is -1.11. The van der Waals surface area contributed by atoms with E-state index in [9.17, 15) is 9.59 Å². The molecule has 1 saturated heterocycles. The molecule has 0 radical (unpaired) electrons. The monoisotopic (exact) mass is 403 g/mol. The minimum atomic E-state index is -0.296. The summed E-state index contributed by atoms with van der Waals surface area (Å²) in [7, 11) is 1.75. The van der Waals surface area contributed by atoms with Crippen molar-refractivity contribution in [1.29, 1.82) is 0 Å². The number of hydrogen-bond acceptors (Lipinski definition) is 3. The molecule has 0 saturated carbocycles. The number of amides is 2. The maximum absolute atomic E-state index is 12.5. The Labute approximate surface area is 151 Å². The van der Waals surface area contributed by atoms with Crippen LogP contribution < -0.4 is 10.6 Å². The van der Waals surface area contributed by atoms with Crippen LogP contribution >= 0.6 is 28.3 Å². The molecule has 1 aliphatic rings. The number of halogens is 2. The van der Waals surface area contributed by atoms with Gasteiger partial charge in [0.15, 0.2) is 0 Å². The van der Waals surface area contributed by atoms with Gasteiger partial charge >= 0.3 is 0 Å². The maximum atomic E-state index is 12.5. The van der Waals surface area contributed by atoms with Gasteiger partial charge in [-0.25, -0.2) is 0 Å². The second-order valence-electron chi connectivity index (χ2n) is 5.87. The Morgan fingerprint density at radius 3 is 2.74 bits per heavy atom. The highest BCUT2D eigenvalue weighted by Gasteiger charge is 2.37. The average Bonchev–Trinajstić information content (AvgIpc) is 2.89. The largest absolute Gasteiger partial charge is 0.341 e. The van der Waals surface area contributed by atoms with Crippen molar-refractivity contribution in [3.8, 4) is 0 Å². The van der Waals surface area contributed by atoms with E-state index in [2.05, 4.69) is 15.9 Å². The van der Waals surface area contributed by atoms with Gasteiger partial charge in [0.2, 0.25) is 11.8 Å². The van der Waals surface area contributed by atoms with Gasteiger partial charge in [-0.05, 0) is 37.6 Å². The molecule has 0 aromatic heterocycles. The first kappa shape index (κ1) is 19.9. The van der Waals surface area contributed by atoms with Crippen molar-refractivity contribution >= 4 is 45.8 Å². The van der Waals surface area contributed by atoms with Crippen LogP contribution in [0.2, 0.25) is 0 Å². The van der Waals surface area contributed by atoms with E-state index in [-0.39, 0.29) is 42.6 Å². The van der Waals surface area contributed by atoms with Gasteiger partial charge in [-0.15, -0.1) is 12.4 Å². The van der Waals surface area contributed by atoms with Crippen molar-refractivity contribution in [3.05, 3.63) is 28.2 Å². The Kier molecular flexibility index (Phi) is 7.04. The van der Waals surface area contributed by atoms with E-state index in [0.29, 0.717) is 13.1 Å². The van der Waals surface area contributed by atoms with Gasteiger partial charge in [0, 0.05) is 42.8 Å². The number of rotatable bonds is 4. The summed E-state index contributed by atoms with van der Waals surface area (Å²) in [6.45, 7) is 4.73. The molecule has 2 atom stereocenters. The maximum Gasteiger partial charge on any atom is 0.228 e. The molecule has 2 amide bonds. The van der Waals surface area contributed by atoms with Crippen LogP contribution in [0.15, 0.2) is 22.7 Å². The highest BCUT2D eigenvalue weighted by Crippen LogP contribution is 2.29. The second-order valence-corrected chi connectivity index (χ2v) is 6.73. The molecule has 0 aliphatic carbocycles. The first-order valence-corrected chi connectivity index (χ1v) is 8.17. The number of likely N-dealkylation sites (N-methyl/N-ethyl adjacent to an activating group) is 1. The Balaban J connectivity index is 0.00000264. The zero-order valence-corrected chi connectivity index (χ0v) is 16.0. The summed E-state index contributed by atoms with van der Waals surface area (Å²) in [5.41, 5.74) is 7.52. The molecule has 1 fully saturated rings. The van der Waals surface area contributed by atoms with E-state index in [1.807, 2.05) is 32.0 Å². The Morgan fingerprint density at radius 2 is 2.17 bits per heavy atom. The van der Waals surface area contributed by atoms with Crippen molar-refractivity contribution in [2.24, 2.45) is 11.7 Å². The molecule has 2 rings (SSSR count). The quantitative estimate of drug-likeness (QED) is 0.837. The lowest BCUT2D eigenvalue weighted by Crippen LogP contribution is -2.43. The summed E-state index contributed by atoms with van der Waals surface area (Å²) >= 11 is 3.45. The van der Waals surface area contributed by atoms with Gasteiger partial charge in [-0.2, -0.15) is 0 Å². The lowest BCUT2D eigenvalue weighted by molar-refractivity contribution is -0.136. The summed E-state index contributed by atoms with van der Waals surface area (Å²) in [6, 6.07) is 5.76. The normalized spacial score (nSPS) is 18.6. The summed E-state index contributed by atoms with van der Waals surface area (Å²) in [5.74, 6) is -0.313. The third kappa shape index (κ3) is 4.25. The van der Waals surface area contributed by atoms with Crippen molar-refractivity contribution < 1.29 is 9.59 Å². The van der Waals surface area contributed by atoms with Crippen molar-refractivity contribution in [2.45, 2.75) is 26.3 Å². The number of nitrogens with zero attached hydrogens (tertiary/aromatic N) is 2. The van der Waals surface area contributed by atoms with Crippen molar-refractivity contribution in [3.63, 3.8) is 0 Å². The number of nitrogens with two attached hydrogens (primary N) is 1. The van der Waals surface area contributed by atoms with E-state index in [4.69, 9.17) is 5.73 Å². The molecule has 2 unspecified atom stereocenters. The number of carbonyl (C=O) groups is 2. The molecule has 1 heterocycles. The third-order valence-corrected chi connectivity index (χ3v) is 5.17. The summed E-state index contributed by atoms with van der Waals surface area (Å²) in [5, 5.41) is 0. The molecule has 23 heavy (non-hydrogen) atoms. The van der Waals surface area contributed by atoms with Crippen LogP contribution in [0.4, 0.5) is 5.69 Å². The fourth-order valence-corrected chi connectivity index (χ4v) is 2.83. The van der Waals surface area contributed by atoms with Gasteiger partial charge in [-0.3, -0.25) is 9.59 Å². The molecule has 7 heteroatoms. The van der Waals surface area contributed by atoms with E-state index in [0.717, 1.165) is 15.7 Å². The molecule has 128 valence electrons. The Morgan fingerprint density at radius 1 is 1.52 bits per heavy atom. The number of anilines is 1. The molecule has 1 aromatic carbocycles. The molecule has 0 bridgehead atoms. The number of benzene rings is 1. The summed E-state index contributed by atoms with van der Waals surface area (Å²) < 4.78 is 1.01.